The van der Waals surface area contributed by atoms with Crippen molar-refractivity contribution >= 4 is 0 Å². The monoisotopic (exact) mass is 410 g/mol. The number of aliphatic hydroxyl groups excluding tert-OH is 1. The molecule has 1 saturated heterocycles. The van der Waals surface area contributed by atoms with Crippen LogP contribution in [0.2, 0.25) is 0 Å². The fraction of sp³-hybridized carbons (Fsp3) is 0.538. The number of ether oxygens (including phenoxy) is 1. The van der Waals surface area contributed by atoms with Crippen LogP contribution in [-0.4, -0.2) is 53.9 Å². The second-order valence-electron chi connectivity index (χ2n) is 8.44. The van der Waals surface area contributed by atoms with E-state index in [0.717, 1.165) is 45.7 Å². The summed E-state index contributed by atoms with van der Waals surface area (Å²) in [6, 6.07) is 17.7. The van der Waals surface area contributed by atoms with Crippen LogP contribution in [0, 0.1) is 0 Å². The third-order valence-electron chi connectivity index (χ3n) is 5.90. The minimum Gasteiger partial charge on any atom is -0.395 e. The highest BCUT2D eigenvalue weighted by molar-refractivity contribution is 5.63. The molecule has 0 aromatic heterocycles. The summed E-state index contributed by atoms with van der Waals surface area (Å²) in [5.41, 5.74) is 5.09. The molecular weight excluding hydrogens is 372 g/mol. The lowest BCUT2D eigenvalue weighted by molar-refractivity contribution is 0.0286. The zero-order chi connectivity index (χ0) is 21.2. The van der Waals surface area contributed by atoms with Crippen molar-refractivity contribution < 1.29 is 9.84 Å². The van der Waals surface area contributed by atoms with Gasteiger partial charge in [-0.3, -0.25) is 9.80 Å². The van der Waals surface area contributed by atoms with Gasteiger partial charge in [0.05, 0.1) is 26.0 Å². The largest absolute Gasteiger partial charge is 0.395 e. The van der Waals surface area contributed by atoms with Crippen LogP contribution in [0.1, 0.15) is 50.7 Å². The number of aliphatic hydroxyl groups is 1. The van der Waals surface area contributed by atoms with E-state index in [1.54, 1.807) is 0 Å². The van der Waals surface area contributed by atoms with Gasteiger partial charge in [0.1, 0.15) is 0 Å². The number of hydrogen-bond acceptors (Lipinski definition) is 4. The van der Waals surface area contributed by atoms with Gasteiger partial charge in [-0.15, -0.1) is 0 Å². The average molecular weight is 411 g/mol. The predicted octanol–water partition coefficient (Wildman–Crippen LogP) is 4.91. The van der Waals surface area contributed by atoms with Crippen molar-refractivity contribution in [2.45, 2.75) is 58.8 Å². The van der Waals surface area contributed by atoms with Crippen molar-refractivity contribution in [3.8, 4) is 11.1 Å². The Kier molecular flexibility index (Phi) is 9.34. The Bertz CT molecular complexity index is 724. The first-order valence-corrected chi connectivity index (χ1v) is 11.6. The molecule has 1 aliphatic heterocycles. The summed E-state index contributed by atoms with van der Waals surface area (Å²) in [5, 5.41) is 9.09. The lowest BCUT2D eigenvalue weighted by Crippen LogP contribution is -2.27. The van der Waals surface area contributed by atoms with Gasteiger partial charge in [-0.1, -0.05) is 75.2 Å². The van der Waals surface area contributed by atoms with Crippen LogP contribution >= 0.6 is 0 Å². The molecule has 1 aliphatic rings. The first-order valence-electron chi connectivity index (χ1n) is 11.6. The highest BCUT2D eigenvalue weighted by atomic mass is 16.5. The molecule has 1 N–H and O–H groups in total. The highest BCUT2D eigenvalue weighted by Gasteiger charge is 2.19. The zero-order valence-electron chi connectivity index (χ0n) is 18.7. The van der Waals surface area contributed by atoms with Gasteiger partial charge in [-0.05, 0) is 35.1 Å². The molecule has 0 saturated carbocycles. The van der Waals surface area contributed by atoms with Gasteiger partial charge in [0.15, 0.2) is 0 Å². The number of nitrogens with zero attached hydrogens (tertiary/aromatic N) is 2. The molecule has 4 nitrogen and oxygen atoms in total. The molecule has 164 valence electrons. The van der Waals surface area contributed by atoms with E-state index in [2.05, 4.69) is 72.2 Å². The summed E-state index contributed by atoms with van der Waals surface area (Å²) in [6.45, 7) is 10.2. The van der Waals surface area contributed by atoms with Crippen molar-refractivity contribution in [1.29, 1.82) is 0 Å². The Hall–Kier alpha value is -1.72. The smallest absolute Gasteiger partial charge is 0.0720 e. The van der Waals surface area contributed by atoms with Crippen LogP contribution in [-0.2, 0) is 17.9 Å². The Morgan fingerprint density at radius 2 is 1.40 bits per heavy atom. The van der Waals surface area contributed by atoms with Gasteiger partial charge < -0.3 is 9.84 Å². The van der Waals surface area contributed by atoms with E-state index in [9.17, 15) is 0 Å². The third-order valence-corrected chi connectivity index (χ3v) is 5.90. The summed E-state index contributed by atoms with van der Waals surface area (Å²) in [6.07, 6.45) is 5.04. The third kappa shape index (κ3) is 6.92. The number of rotatable bonds is 12. The van der Waals surface area contributed by atoms with Gasteiger partial charge in [-0.25, -0.2) is 0 Å². The Balaban J connectivity index is 1.51. The quantitative estimate of drug-likeness (QED) is 0.539. The molecule has 0 bridgehead atoms. The molecule has 30 heavy (non-hydrogen) atoms. The van der Waals surface area contributed by atoms with E-state index in [-0.39, 0.29) is 6.61 Å². The fourth-order valence-electron chi connectivity index (χ4n) is 4.18. The second kappa shape index (κ2) is 12.2. The maximum atomic E-state index is 9.09. The normalized spacial score (nSPS) is 15.3. The maximum absolute atomic E-state index is 9.09. The molecule has 2 aromatic rings. The SMILES string of the molecule is CCCC(CCC)OCc1ccc(-c2ccc(CN3CCN(CCO)C3)cc2)cc1. The van der Waals surface area contributed by atoms with E-state index in [0.29, 0.717) is 12.7 Å². The van der Waals surface area contributed by atoms with Gasteiger partial charge in [0.25, 0.3) is 0 Å². The van der Waals surface area contributed by atoms with Crippen LogP contribution in [0.3, 0.4) is 0 Å². The minimum absolute atomic E-state index is 0.242. The molecule has 1 heterocycles. The molecule has 2 aromatic carbocycles. The lowest BCUT2D eigenvalue weighted by atomic mass is 10.0. The minimum atomic E-state index is 0.242. The van der Waals surface area contributed by atoms with Crippen LogP contribution < -0.4 is 0 Å². The van der Waals surface area contributed by atoms with E-state index in [1.807, 2.05) is 0 Å². The maximum Gasteiger partial charge on any atom is 0.0720 e. The number of β-amino-alcohol motifs (C(OH)–C–C–N with tert-alkyl or cyclic N) is 1. The van der Waals surface area contributed by atoms with Gasteiger partial charge in [0, 0.05) is 26.2 Å². The van der Waals surface area contributed by atoms with Gasteiger partial charge in [-0.2, -0.15) is 0 Å². The number of benzene rings is 2. The summed E-state index contributed by atoms with van der Waals surface area (Å²) in [7, 11) is 0. The molecule has 0 atom stereocenters. The van der Waals surface area contributed by atoms with Gasteiger partial charge in [0.2, 0.25) is 0 Å². The summed E-state index contributed by atoms with van der Waals surface area (Å²) in [4.78, 5) is 4.73. The first kappa shape index (κ1) is 23.0. The van der Waals surface area contributed by atoms with Crippen LogP contribution in [0.15, 0.2) is 48.5 Å². The van der Waals surface area contributed by atoms with Crippen molar-refractivity contribution in [2.75, 3.05) is 32.9 Å². The van der Waals surface area contributed by atoms with Crippen LogP contribution in [0.4, 0.5) is 0 Å². The predicted molar refractivity (Wildman–Crippen MR) is 124 cm³/mol. The molecule has 1 fully saturated rings. The lowest BCUT2D eigenvalue weighted by Gasteiger charge is -2.17. The van der Waals surface area contributed by atoms with Crippen molar-refractivity contribution in [3.63, 3.8) is 0 Å². The highest BCUT2D eigenvalue weighted by Crippen LogP contribution is 2.22. The Labute approximate surface area is 182 Å². The van der Waals surface area contributed by atoms with E-state index < -0.39 is 0 Å². The van der Waals surface area contributed by atoms with E-state index in [4.69, 9.17) is 9.84 Å². The van der Waals surface area contributed by atoms with Crippen molar-refractivity contribution in [3.05, 3.63) is 59.7 Å². The molecule has 0 spiro atoms. The fourth-order valence-corrected chi connectivity index (χ4v) is 4.18. The molecule has 0 radical (unpaired) electrons. The molecule has 0 unspecified atom stereocenters. The molecule has 4 heteroatoms. The summed E-state index contributed by atoms with van der Waals surface area (Å²) >= 11 is 0. The molecule has 3 rings (SSSR count). The second-order valence-corrected chi connectivity index (χ2v) is 8.44. The topological polar surface area (TPSA) is 35.9 Å². The first-order chi connectivity index (χ1) is 14.7. The van der Waals surface area contributed by atoms with Crippen LogP contribution in [0.25, 0.3) is 11.1 Å². The van der Waals surface area contributed by atoms with Crippen molar-refractivity contribution in [2.24, 2.45) is 0 Å². The molecule has 0 aliphatic carbocycles. The summed E-state index contributed by atoms with van der Waals surface area (Å²) in [5.74, 6) is 0. The average Bonchev–Trinajstić information content (AvgIpc) is 3.20. The Morgan fingerprint density at radius 3 is 1.97 bits per heavy atom. The van der Waals surface area contributed by atoms with E-state index >= 15 is 0 Å². The summed E-state index contributed by atoms with van der Waals surface area (Å²) < 4.78 is 6.13. The zero-order valence-corrected chi connectivity index (χ0v) is 18.7. The number of hydrogen-bond donors (Lipinski definition) is 1. The molecular formula is C26H38N2O2. The van der Waals surface area contributed by atoms with Gasteiger partial charge >= 0.3 is 0 Å². The van der Waals surface area contributed by atoms with Crippen molar-refractivity contribution in [1.82, 2.24) is 9.80 Å². The standard InChI is InChI=1S/C26H38N2O2/c1-3-5-26(6-4-2)30-20-23-9-13-25(14-10-23)24-11-7-22(8-12-24)19-28-16-15-27(21-28)17-18-29/h7-14,26,29H,3-6,15-21H2,1-2H3. The molecule has 0 amide bonds. The Morgan fingerprint density at radius 1 is 0.833 bits per heavy atom. The van der Waals surface area contributed by atoms with E-state index in [1.165, 1.54) is 35.1 Å². The van der Waals surface area contributed by atoms with Crippen LogP contribution in [0.5, 0.6) is 0 Å².